The second-order valence-corrected chi connectivity index (χ2v) is 7.15. The van der Waals surface area contributed by atoms with Crippen LogP contribution in [0, 0.1) is 13.8 Å². The number of hydrogen-bond donors (Lipinski definition) is 1. The van der Waals surface area contributed by atoms with Crippen molar-refractivity contribution in [2.45, 2.75) is 20.3 Å². The predicted molar refractivity (Wildman–Crippen MR) is 120 cm³/mol. The van der Waals surface area contributed by atoms with Gasteiger partial charge in [0, 0.05) is 29.4 Å². The Hall–Kier alpha value is -2.51. The van der Waals surface area contributed by atoms with Gasteiger partial charge in [0.25, 0.3) is 0 Å². The Balaban J connectivity index is 0.00000300. The summed E-state index contributed by atoms with van der Waals surface area (Å²) in [6.45, 7) is 5.97. The Labute approximate surface area is 178 Å². The topological polar surface area (TPSA) is 63.9 Å². The second-order valence-electron chi connectivity index (χ2n) is 7.15. The first kappa shape index (κ1) is 22.8. The number of methoxy groups -OCH3 is 2. The molecular formula is C21H30ClN5O2. The monoisotopic (exact) mass is 419 g/mol. The summed E-state index contributed by atoms with van der Waals surface area (Å²) in [5, 5.41) is 8.36. The van der Waals surface area contributed by atoms with Crippen molar-refractivity contribution >= 4 is 23.9 Å². The minimum absolute atomic E-state index is 0. The zero-order valence-corrected chi connectivity index (χ0v) is 18.8. The quantitative estimate of drug-likeness (QED) is 0.560. The lowest BCUT2D eigenvalue weighted by Gasteiger charge is -2.12. The maximum atomic E-state index is 5.45. The molecule has 0 atom stereocenters. The van der Waals surface area contributed by atoms with E-state index in [2.05, 4.69) is 31.2 Å². The van der Waals surface area contributed by atoms with Crippen molar-refractivity contribution in [2.75, 3.05) is 46.7 Å². The summed E-state index contributed by atoms with van der Waals surface area (Å²) in [6, 6.07) is 7.88. The highest BCUT2D eigenvalue weighted by atomic mass is 35.5. The zero-order chi connectivity index (χ0) is 20.3. The maximum absolute atomic E-state index is 5.45. The van der Waals surface area contributed by atoms with Crippen molar-refractivity contribution < 1.29 is 9.47 Å². The van der Waals surface area contributed by atoms with Crippen LogP contribution in [0.25, 0.3) is 16.9 Å². The van der Waals surface area contributed by atoms with Crippen LogP contribution in [0.1, 0.15) is 17.7 Å². The van der Waals surface area contributed by atoms with Crippen LogP contribution in [-0.4, -0.2) is 60.9 Å². The van der Waals surface area contributed by atoms with Crippen LogP contribution in [0.3, 0.4) is 0 Å². The van der Waals surface area contributed by atoms with Gasteiger partial charge in [-0.1, -0.05) is 0 Å². The highest BCUT2D eigenvalue weighted by Crippen LogP contribution is 2.34. The van der Waals surface area contributed by atoms with Gasteiger partial charge >= 0.3 is 0 Å². The van der Waals surface area contributed by atoms with Gasteiger partial charge in [-0.05, 0) is 59.1 Å². The lowest BCUT2D eigenvalue weighted by molar-refractivity contribution is 0.355. The summed E-state index contributed by atoms with van der Waals surface area (Å²) >= 11 is 0. The van der Waals surface area contributed by atoms with Crippen molar-refractivity contribution in [3.63, 3.8) is 0 Å². The van der Waals surface area contributed by atoms with Crippen LogP contribution >= 0.6 is 12.4 Å². The van der Waals surface area contributed by atoms with Crippen molar-refractivity contribution in [2.24, 2.45) is 0 Å². The number of fused-ring (bicyclic) bond motifs is 1. The number of nitrogens with zero attached hydrogens (tertiary/aromatic N) is 4. The molecule has 0 bridgehead atoms. The second kappa shape index (κ2) is 9.80. The van der Waals surface area contributed by atoms with E-state index in [-0.39, 0.29) is 12.4 Å². The van der Waals surface area contributed by atoms with Crippen LogP contribution < -0.4 is 14.8 Å². The van der Waals surface area contributed by atoms with Gasteiger partial charge in [-0.2, -0.15) is 9.61 Å². The molecule has 2 heterocycles. The standard InChI is InChI=1S/C21H29N5O2.ClH/c1-14-12-19(22-10-7-11-25(3)4)26-21(23-14)15(2)20(24-26)16-8-9-17(27-5)18(13-16)28-6;/h8-9,12-13,22H,7,10-11H2,1-6H3;1H. The van der Waals surface area contributed by atoms with E-state index in [1.165, 1.54) is 0 Å². The highest BCUT2D eigenvalue weighted by molar-refractivity contribution is 5.85. The zero-order valence-electron chi connectivity index (χ0n) is 17.9. The van der Waals surface area contributed by atoms with E-state index in [1.807, 2.05) is 35.7 Å². The molecule has 0 aliphatic heterocycles. The fourth-order valence-electron chi connectivity index (χ4n) is 3.24. The molecule has 3 aromatic rings. The van der Waals surface area contributed by atoms with Crippen LogP contribution in [0.2, 0.25) is 0 Å². The van der Waals surface area contributed by atoms with E-state index >= 15 is 0 Å². The SMILES string of the molecule is COc1ccc(-c2nn3c(NCCCN(C)C)cc(C)nc3c2C)cc1OC.Cl. The van der Waals surface area contributed by atoms with Crippen LogP contribution in [0.4, 0.5) is 5.82 Å². The summed E-state index contributed by atoms with van der Waals surface area (Å²) in [5.41, 5.74) is 4.71. The van der Waals surface area contributed by atoms with Gasteiger partial charge in [0.2, 0.25) is 0 Å². The van der Waals surface area contributed by atoms with Gasteiger partial charge in [0.15, 0.2) is 17.1 Å². The Bertz CT molecular complexity index is 971. The number of hydrogen-bond acceptors (Lipinski definition) is 6. The van der Waals surface area contributed by atoms with Gasteiger partial charge in [-0.25, -0.2) is 4.98 Å². The van der Waals surface area contributed by atoms with Gasteiger partial charge in [0.05, 0.1) is 19.9 Å². The Morgan fingerprint density at radius 1 is 1.07 bits per heavy atom. The third kappa shape index (κ3) is 4.92. The summed E-state index contributed by atoms with van der Waals surface area (Å²) in [6.07, 6.45) is 1.05. The van der Waals surface area contributed by atoms with Gasteiger partial charge in [0.1, 0.15) is 5.82 Å². The lowest BCUT2D eigenvalue weighted by atomic mass is 10.1. The molecule has 158 valence electrons. The molecular weight excluding hydrogens is 390 g/mol. The van der Waals surface area contributed by atoms with E-state index in [4.69, 9.17) is 19.6 Å². The Morgan fingerprint density at radius 2 is 1.79 bits per heavy atom. The molecule has 0 spiro atoms. The Kier molecular flexibility index (Phi) is 7.70. The highest BCUT2D eigenvalue weighted by Gasteiger charge is 2.16. The van der Waals surface area contributed by atoms with E-state index in [0.29, 0.717) is 11.5 Å². The van der Waals surface area contributed by atoms with Crippen molar-refractivity contribution in [3.05, 3.63) is 35.5 Å². The third-order valence-corrected chi connectivity index (χ3v) is 4.69. The summed E-state index contributed by atoms with van der Waals surface area (Å²) in [4.78, 5) is 6.89. The number of nitrogens with one attached hydrogen (secondary N) is 1. The third-order valence-electron chi connectivity index (χ3n) is 4.69. The Morgan fingerprint density at radius 3 is 2.45 bits per heavy atom. The van der Waals surface area contributed by atoms with E-state index in [9.17, 15) is 0 Å². The van der Waals surface area contributed by atoms with E-state index in [0.717, 1.165) is 53.5 Å². The normalized spacial score (nSPS) is 10.9. The number of anilines is 1. The number of aromatic nitrogens is 3. The van der Waals surface area contributed by atoms with Gasteiger partial charge in [-0.15, -0.1) is 12.4 Å². The lowest BCUT2D eigenvalue weighted by Crippen LogP contribution is -2.17. The molecule has 29 heavy (non-hydrogen) atoms. The van der Waals surface area contributed by atoms with Crippen molar-refractivity contribution in [3.8, 4) is 22.8 Å². The molecule has 1 N–H and O–H groups in total. The molecule has 0 saturated heterocycles. The maximum Gasteiger partial charge on any atom is 0.161 e. The predicted octanol–water partition coefficient (Wildman–Crippen LogP) is 3.82. The number of benzene rings is 1. The fourth-order valence-corrected chi connectivity index (χ4v) is 3.24. The molecule has 8 heteroatoms. The van der Waals surface area contributed by atoms with Crippen LogP contribution in [0.15, 0.2) is 24.3 Å². The minimum atomic E-state index is 0. The first-order valence-corrected chi connectivity index (χ1v) is 9.42. The molecule has 0 radical (unpaired) electrons. The molecule has 2 aromatic heterocycles. The first-order chi connectivity index (χ1) is 13.4. The van der Waals surface area contributed by atoms with E-state index in [1.54, 1.807) is 14.2 Å². The van der Waals surface area contributed by atoms with Gasteiger partial charge in [-0.3, -0.25) is 0 Å². The van der Waals surface area contributed by atoms with Crippen molar-refractivity contribution in [1.82, 2.24) is 19.5 Å². The largest absolute Gasteiger partial charge is 0.493 e. The number of halogens is 1. The summed E-state index contributed by atoms with van der Waals surface area (Å²) < 4.78 is 12.7. The number of ether oxygens (including phenoxy) is 2. The smallest absolute Gasteiger partial charge is 0.161 e. The molecule has 7 nitrogen and oxygen atoms in total. The van der Waals surface area contributed by atoms with Crippen LogP contribution in [-0.2, 0) is 0 Å². The molecule has 0 amide bonds. The molecule has 0 fully saturated rings. The number of aryl methyl sites for hydroxylation is 2. The molecule has 0 aliphatic carbocycles. The fraction of sp³-hybridized carbons (Fsp3) is 0.429. The molecule has 0 unspecified atom stereocenters. The molecule has 1 aromatic carbocycles. The van der Waals surface area contributed by atoms with Crippen LogP contribution in [0.5, 0.6) is 11.5 Å². The van der Waals surface area contributed by atoms with E-state index < -0.39 is 0 Å². The average molecular weight is 420 g/mol. The van der Waals surface area contributed by atoms with Gasteiger partial charge < -0.3 is 19.7 Å². The minimum Gasteiger partial charge on any atom is -0.493 e. The molecule has 0 saturated carbocycles. The number of rotatable bonds is 8. The molecule has 3 rings (SSSR count). The van der Waals surface area contributed by atoms with Crippen molar-refractivity contribution in [1.29, 1.82) is 0 Å². The summed E-state index contributed by atoms with van der Waals surface area (Å²) in [5.74, 6) is 2.34. The summed E-state index contributed by atoms with van der Waals surface area (Å²) in [7, 11) is 7.44. The average Bonchev–Trinajstić information content (AvgIpc) is 3.01. The molecule has 0 aliphatic rings. The first-order valence-electron chi connectivity index (χ1n) is 9.42.